The first-order valence-electron chi connectivity index (χ1n) is 5.36. The average Bonchev–Trinajstić information content (AvgIpc) is 2.18. The van der Waals surface area contributed by atoms with Gasteiger partial charge in [0.05, 0.1) is 6.20 Å². The van der Waals surface area contributed by atoms with E-state index in [1.807, 2.05) is 0 Å². The third-order valence-electron chi connectivity index (χ3n) is 2.15. The lowest BCUT2D eigenvalue weighted by Gasteiger charge is -2.30. The van der Waals surface area contributed by atoms with Gasteiger partial charge in [0.1, 0.15) is 5.02 Å². The minimum Gasteiger partial charge on any atom is -0.353 e. The Balaban J connectivity index is 3.05. The highest BCUT2D eigenvalue weighted by molar-refractivity contribution is 6.33. The van der Waals surface area contributed by atoms with Crippen molar-refractivity contribution >= 4 is 29.0 Å². The van der Waals surface area contributed by atoms with E-state index in [1.54, 1.807) is 6.20 Å². The third-order valence-corrected chi connectivity index (χ3v) is 2.60. The van der Waals surface area contributed by atoms with Crippen LogP contribution in [0.15, 0.2) is 6.20 Å². The van der Waals surface area contributed by atoms with Gasteiger partial charge < -0.3 is 4.90 Å². The molecule has 0 unspecified atom stereocenters. The van der Waals surface area contributed by atoms with Crippen LogP contribution in [0.25, 0.3) is 0 Å². The molecule has 0 N–H and O–H groups in total. The molecule has 0 bridgehead atoms. The van der Waals surface area contributed by atoms with Gasteiger partial charge in [-0.2, -0.15) is 4.98 Å². The number of anilines is 1. The number of rotatable bonds is 4. The summed E-state index contributed by atoms with van der Waals surface area (Å²) in [7, 11) is 0. The molecular formula is C11H17Cl2N3. The zero-order valence-corrected chi connectivity index (χ0v) is 11.5. The van der Waals surface area contributed by atoms with Gasteiger partial charge in [-0.25, -0.2) is 4.98 Å². The minimum absolute atomic E-state index is 0.230. The summed E-state index contributed by atoms with van der Waals surface area (Å²) in [6, 6.07) is 0.325. The second-order valence-electron chi connectivity index (χ2n) is 4.45. The second kappa shape index (κ2) is 5.69. The predicted molar refractivity (Wildman–Crippen MR) is 69.4 cm³/mol. The van der Waals surface area contributed by atoms with Crippen LogP contribution in [0.3, 0.4) is 0 Å². The zero-order valence-electron chi connectivity index (χ0n) is 10.0. The molecule has 0 aliphatic carbocycles. The van der Waals surface area contributed by atoms with Crippen molar-refractivity contribution in [1.29, 1.82) is 0 Å². The first-order chi connectivity index (χ1) is 7.41. The quantitative estimate of drug-likeness (QED) is 0.775. The fraction of sp³-hybridized carbons (Fsp3) is 0.636. The van der Waals surface area contributed by atoms with Crippen LogP contribution in [0, 0.1) is 5.92 Å². The lowest BCUT2D eigenvalue weighted by Crippen LogP contribution is -2.35. The molecule has 0 amide bonds. The van der Waals surface area contributed by atoms with Gasteiger partial charge in [-0.3, -0.25) is 0 Å². The largest absolute Gasteiger partial charge is 0.353 e. The molecule has 1 aromatic heterocycles. The van der Waals surface area contributed by atoms with Crippen molar-refractivity contribution in [3.63, 3.8) is 0 Å². The summed E-state index contributed by atoms with van der Waals surface area (Å²) < 4.78 is 0. The van der Waals surface area contributed by atoms with Gasteiger partial charge in [0, 0.05) is 12.6 Å². The molecule has 0 fully saturated rings. The van der Waals surface area contributed by atoms with Gasteiger partial charge in [0.25, 0.3) is 0 Å². The van der Waals surface area contributed by atoms with Crippen molar-refractivity contribution in [1.82, 2.24) is 9.97 Å². The minimum atomic E-state index is 0.230. The number of halogens is 2. The smallest absolute Gasteiger partial charge is 0.224 e. The Labute approximate surface area is 107 Å². The second-order valence-corrected chi connectivity index (χ2v) is 5.20. The molecule has 16 heavy (non-hydrogen) atoms. The Hall–Kier alpha value is -0.540. The molecule has 0 radical (unpaired) electrons. The third kappa shape index (κ3) is 3.49. The van der Waals surface area contributed by atoms with Crippen molar-refractivity contribution in [2.24, 2.45) is 5.92 Å². The van der Waals surface area contributed by atoms with Crippen LogP contribution in [0.2, 0.25) is 10.3 Å². The fourth-order valence-corrected chi connectivity index (χ4v) is 1.80. The topological polar surface area (TPSA) is 29.0 Å². The molecule has 0 saturated carbocycles. The van der Waals surface area contributed by atoms with Crippen molar-refractivity contribution in [3.05, 3.63) is 16.5 Å². The van der Waals surface area contributed by atoms with Crippen LogP contribution >= 0.6 is 23.2 Å². The lowest BCUT2D eigenvalue weighted by molar-refractivity contribution is 0.566. The van der Waals surface area contributed by atoms with E-state index in [0.29, 0.717) is 22.8 Å². The molecule has 0 aliphatic heterocycles. The van der Waals surface area contributed by atoms with E-state index in [2.05, 4.69) is 42.6 Å². The summed E-state index contributed by atoms with van der Waals surface area (Å²) in [5.74, 6) is 1.25. The Kier molecular flexibility index (Phi) is 4.81. The molecule has 1 aromatic rings. The molecule has 5 heteroatoms. The Morgan fingerprint density at radius 2 is 1.88 bits per heavy atom. The van der Waals surface area contributed by atoms with Crippen molar-refractivity contribution < 1.29 is 0 Å². The summed E-state index contributed by atoms with van der Waals surface area (Å²) in [6.45, 7) is 9.42. The average molecular weight is 262 g/mol. The predicted octanol–water partition coefficient (Wildman–Crippen LogP) is 3.65. The maximum absolute atomic E-state index is 6.09. The van der Waals surface area contributed by atoms with E-state index in [4.69, 9.17) is 23.2 Å². The summed E-state index contributed by atoms with van der Waals surface area (Å²) in [6.07, 6.45) is 1.54. The van der Waals surface area contributed by atoms with Crippen LogP contribution in [0.4, 0.5) is 5.82 Å². The molecular weight excluding hydrogens is 245 g/mol. The first kappa shape index (κ1) is 13.5. The summed E-state index contributed by atoms with van der Waals surface area (Å²) in [4.78, 5) is 10.2. The van der Waals surface area contributed by atoms with E-state index in [9.17, 15) is 0 Å². The molecule has 1 rings (SSSR count). The van der Waals surface area contributed by atoms with E-state index >= 15 is 0 Å². The van der Waals surface area contributed by atoms with Gasteiger partial charge in [0.15, 0.2) is 5.82 Å². The SMILES string of the molecule is CC(C)CN(c1nc(Cl)ncc1Cl)C(C)C. The van der Waals surface area contributed by atoms with Gasteiger partial charge in [0.2, 0.25) is 5.28 Å². The number of aromatic nitrogens is 2. The number of hydrogen-bond acceptors (Lipinski definition) is 3. The molecule has 0 saturated heterocycles. The van der Waals surface area contributed by atoms with Crippen molar-refractivity contribution in [2.75, 3.05) is 11.4 Å². The molecule has 90 valence electrons. The maximum atomic E-state index is 6.09. The normalized spacial score (nSPS) is 11.2. The standard InChI is InChI=1S/C11H17Cl2N3/c1-7(2)6-16(8(3)4)10-9(12)5-14-11(13)15-10/h5,7-8H,6H2,1-4H3. The van der Waals surface area contributed by atoms with E-state index in [0.717, 1.165) is 6.54 Å². The van der Waals surface area contributed by atoms with Gasteiger partial charge in [-0.05, 0) is 31.4 Å². The monoisotopic (exact) mass is 261 g/mol. The molecule has 0 aromatic carbocycles. The van der Waals surface area contributed by atoms with E-state index < -0.39 is 0 Å². The molecule has 0 aliphatic rings. The molecule has 1 heterocycles. The Morgan fingerprint density at radius 1 is 1.25 bits per heavy atom. The summed E-state index contributed by atoms with van der Waals surface area (Å²) >= 11 is 11.9. The van der Waals surface area contributed by atoms with Crippen molar-refractivity contribution in [3.8, 4) is 0 Å². The Bertz CT molecular complexity index is 353. The van der Waals surface area contributed by atoms with Gasteiger partial charge >= 0.3 is 0 Å². The van der Waals surface area contributed by atoms with E-state index in [-0.39, 0.29) is 5.28 Å². The highest BCUT2D eigenvalue weighted by Crippen LogP contribution is 2.26. The van der Waals surface area contributed by atoms with Gasteiger partial charge in [-0.1, -0.05) is 25.4 Å². The fourth-order valence-electron chi connectivity index (χ4n) is 1.47. The van der Waals surface area contributed by atoms with Gasteiger partial charge in [-0.15, -0.1) is 0 Å². The highest BCUT2D eigenvalue weighted by Gasteiger charge is 2.17. The lowest BCUT2D eigenvalue weighted by atomic mass is 10.2. The van der Waals surface area contributed by atoms with Crippen LogP contribution in [-0.2, 0) is 0 Å². The summed E-state index contributed by atoms with van der Waals surface area (Å²) in [5, 5.41) is 0.771. The number of nitrogens with zero attached hydrogens (tertiary/aromatic N) is 3. The highest BCUT2D eigenvalue weighted by atomic mass is 35.5. The Morgan fingerprint density at radius 3 is 2.38 bits per heavy atom. The van der Waals surface area contributed by atoms with Crippen LogP contribution in [0.5, 0.6) is 0 Å². The first-order valence-corrected chi connectivity index (χ1v) is 6.12. The van der Waals surface area contributed by atoms with Crippen LogP contribution in [-0.4, -0.2) is 22.6 Å². The van der Waals surface area contributed by atoms with Crippen LogP contribution in [0.1, 0.15) is 27.7 Å². The molecule has 0 spiro atoms. The maximum Gasteiger partial charge on any atom is 0.224 e. The molecule has 3 nitrogen and oxygen atoms in total. The van der Waals surface area contributed by atoms with Crippen molar-refractivity contribution in [2.45, 2.75) is 33.7 Å². The van der Waals surface area contributed by atoms with E-state index in [1.165, 1.54) is 0 Å². The zero-order chi connectivity index (χ0) is 12.3. The summed E-state index contributed by atoms with van der Waals surface area (Å²) in [5.41, 5.74) is 0. The van der Waals surface area contributed by atoms with Crippen LogP contribution < -0.4 is 4.90 Å². The number of hydrogen-bond donors (Lipinski definition) is 0. The molecule has 0 atom stereocenters.